The molecule has 0 fully saturated rings. The smallest absolute Gasteiger partial charge is 0.323 e. The zero-order valence-corrected chi connectivity index (χ0v) is 10.7. The van der Waals surface area contributed by atoms with Crippen LogP contribution in [-0.4, -0.2) is 44.3 Å². The number of carboxylic acid groups (broad SMARTS) is 1. The first-order valence-electron chi connectivity index (χ1n) is 5.59. The third-order valence-electron chi connectivity index (χ3n) is 2.56. The number of hydrogen-bond donors (Lipinski definition) is 2. The number of aliphatic carboxylic acids is 1. The van der Waals surface area contributed by atoms with Crippen molar-refractivity contribution in [1.29, 1.82) is 0 Å². The lowest BCUT2D eigenvalue weighted by Crippen LogP contribution is -2.45. The standard InChI is InChI=1S/C11H18N4O3/c1-7(2)15(6-9(16)17)11(18)10(12)8-4-13-14(3)5-8/h4-5,7,10H,6,12H2,1-3H3,(H,16,17). The van der Waals surface area contributed by atoms with Crippen molar-refractivity contribution in [2.75, 3.05) is 6.54 Å². The van der Waals surface area contributed by atoms with Crippen LogP contribution in [0.15, 0.2) is 12.4 Å². The van der Waals surface area contributed by atoms with E-state index in [-0.39, 0.29) is 12.6 Å². The molecule has 1 aromatic rings. The number of hydrogen-bond acceptors (Lipinski definition) is 4. The molecule has 7 heteroatoms. The second-order valence-corrected chi connectivity index (χ2v) is 4.38. The van der Waals surface area contributed by atoms with Gasteiger partial charge in [0.05, 0.1) is 6.20 Å². The predicted molar refractivity (Wildman–Crippen MR) is 64.6 cm³/mol. The van der Waals surface area contributed by atoms with E-state index in [4.69, 9.17) is 10.8 Å². The molecule has 0 saturated heterocycles. The summed E-state index contributed by atoms with van der Waals surface area (Å²) in [5, 5.41) is 12.7. The Balaban J connectivity index is 2.85. The van der Waals surface area contributed by atoms with Gasteiger partial charge in [-0.15, -0.1) is 0 Å². The van der Waals surface area contributed by atoms with Crippen LogP contribution in [0.4, 0.5) is 0 Å². The number of carbonyl (C=O) groups is 2. The highest BCUT2D eigenvalue weighted by Crippen LogP contribution is 2.13. The van der Waals surface area contributed by atoms with Gasteiger partial charge in [0.1, 0.15) is 12.6 Å². The quantitative estimate of drug-likeness (QED) is 0.754. The Morgan fingerprint density at radius 3 is 2.56 bits per heavy atom. The van der Waals surface area contributed by atoms with E-state index >= 15 is 0 Å². The summed E-state index contributed by atoms with van der Waals surface area (Å²) in [6.07, 6.45) is 3.14. The predicted octanol–water partition coefficient (Wildman–Crippen LogP) is -0.258. The second-order valence-electron chi connectivity index (χ2n) is 4.38. The molecule has 0 aliphatic rings. The van der Waals surface area contributed by atoms with Gasteiger partial charge < -0.3 is 15.7 Å². The number of carboxylic acids is 1. The van der Waals surface area contributed by atoms with E-state index in [0.717, 1.165) is 0 Å². The van der Waals surface area contributed by atoms with E-state index in [2.05, 4.69) is 5.10 Å². The lowest BCUT2D eigenvalue weighted by Gasteiger charge is -2.27. The fourth-order valence-corrected chi connectivity index (χ4v) is 1.58. The molecule has 1 amide bonds. The van der Waals surface area contributed by atoms with Gasteiger partial charge in [-0.2, -0.15) is 5.10 Å². The van der Waals surface area contributed by atoms with Crippen LogP contribution < -0.4 is 5.73 Å². The highest BCUT2D eigenvalue weighted by molar-refractivity contribution is 5.86. The van der Waals surface area contributed by atoms with Crippen molar-refractivity contribution in [2.24, 2.45) is 12.8 Å². The lowest BCUT2D eigenvalue weighted by molar-refractivity contribution is -0.146. The molecule has 3 N–H and O–H groups in total. The highest BCUT2D eigenvalue weighted by Gasteiger charge is 2.26. The average Bonchev–Trinajstić information content (AvgIpc) is 2.70. The first-order valence-corrected chi connectivity index (χ1v) is 5.59. The van der Waals surface area contributed by atoms with Crippen molar-refractivity contribution in [3.63, 3.8) is 0 Å². The van der Waals surface area contributed by atoms with Crippen LogP contribution in [0.2, 0.25) is 0 Å². The van der Waals surface area contributed by atoms with E-state index in [1.54, 1.807) is 31.8 Å². The summed E-state index contributed by atoms with van der Waals surface area (Å²) in [7, 11) is 1.72. The molecule has 0 aliphatic heterocycles. The summed E-state index contributed by atoms with van der Waals surface area (Å²) >= 11 is 0. The van der Waals surface area contributed by atoms with E-state index < -0.39 is 17.9 Å². The Kier molecular flexibility index (Phi) is 4.43. The minimum atomic E-state index is -1.06. The van der Waals surface area contributed by atoms with Gasteiger partial charge in [0.25, 0.3) is 0 Å². The fraction of sp³-hybridized carbons (Fsp3) is 0.545. The number of rotatable bonds is 5. The van der Waals surface area contributed by atoms with Crippen molar-refractivity contribution in [3.05, 3.63) is 18.0 Å². The van der Waals surface area contributed by atoms with E-state index in [1.165, 1.54) is 11.1 Å². The van der Waals surface area contributed by atoms with Crippen LogP contribution in [0, 0.1) is 0 Å². The van der Waals surface area contributed by atoms with Gasteiger partial charge in [-0.25, -0.2) is 0 Å². The molecular weight excluding hydrogens is 236 g/mol. The summed E-state index contributed by atoms with van der Waals surface area (Å²) in [4.78, 5) is 24.1. The first kappa shape index (κ1) is 14.2. The van der Waals surface area contributed by atoms with Gasteiger partial charge in [-0.3, -0.25) is 14.3 Å². The SMILES string of the molecule is CC(C)N(CC(=O)O)C(=O)C(N)c1cnn(C)c1. The minimum absolute atomic E-state index is 0.226. The number of aryl methyl sites for hydroxylation is 1. The molecule has 100 valence electrons. The summed E-state index contributed by atoms with van der Waals surface area (Å²) in [6, 6.07) is -1.11. The summed E-state index contributed by atoms with van der Waals surface area (Å²) in [5.41, 5.74) is 6.40. The molecule has 1 atom stereocenters. The van der Waals surface area contributed by atoms with E-state index in [0.29, 0.717) is 5.56 Å². The minimum Gasteiger partial charge on any atom is -0.480 e. The molecule has 0 saturated carbocycles. The average molecular weight is 254 g/mol. The summed E-state index contributed by atoms with van der Waals surface area (Å²) in [5.74, 6) is -1.48. The molecule has 0 aliphatic carbocycles. The normalized spacial score (nSPS) is 12.5. The van der Waals surface area contributed by atoms with Crippen molar-refractivity contribution in [1.82, 2.24) is 14.7 Å². The highest BCUT2D eigenvalue weighted by atomic mass is 16.4. The van der Waals surface area contributed by atoms with Crippen LogP contribution in [-0.2, 0) is 16.6 Å². The maximum absolute atomic E-state index is 12.1. The van der Waals surface area contributed by atoms with Gasteiger partial charge in [-0.1, -0.05) is 0 Å². The second kappa shape index (κ2) is 5.63. The van der Waals surface area contributed by atoms with Crippen molar-refractivity contribution < 1.29 is 14.7 Å². The third-order valence-corrected chi connectivity index (χ3v) is 2.56. The number of carbonyl (C=O) groups excluding carboxylic acids is 1. The van der Waals surface area contributed by atoms with Crippen LogP contribution in [0.1, 0.15) is 25.5 Å². The molecule has 1 rings (SSSR count). The van der Waals surface area contributed by atoms with Crippen LogP contribution in [0.25, 0.3) is 0 Å². The molecule has 0 radical (unpaired) electrons. The molecule has 0 spiro atoms. The van der Waals surface area contributed by atoms with Gasteiger partial charge >= 0.3 is 5.97 Å². The Hall–Kier alpha value is -1.89. The fourth-order valence-electron chi connectivity index (χ4n) is 1.58. The van der Waals surface area contributed by atoms with Crippen LogP contribution in [0.3, 0.4) is 0 Å². The van der Waals surface area contributed by atoms with E-state index in [9.17, 15) is 9.59 Å². The maximum Gasteiger partial charge on any atom is 0.323 e. The molecule has 0 bridgehead atoms. The Labute approximate surface area is 105 Å². The zero-order valence-electron chi connectivity index (χ0n) is 10.7. The summed E-state index contributed by atoms with van der Waals surface area (Å²) in [6.45, 7) is 3.14. The number of nitrogens with two attached hydrogens (primary N) is 1. The van der Waals surface area contributed by atoms with Gasteiger partial charge in [0.15, 0.2) is 0 Å². The maximum atomic E-state index is 12.1. The molecule has 1 unspecified atom stereocenters. The van der Waals surface area contributed by atoms with Gasteiger partial charge in [-0.05, 0) is 13.8 Å². The molecule has 1 aromatic heterocycles. The number of nitrogens with zero attached hydrogens (tertiary/aromatic N) is 3. The van der Waals surface area contributed by atoms with Crippen LogP contribution in [0.5, 0.6) is 0 Å². The largest absolute Gasteiger partial charge is 0.480 e. The molecule has 7 nitrogen and oxygen atoms in total. The molecule has 18 heavy (non-hydrogen) atoms. The van der Waals surface area contributed by atoms with Crippen LogP contribution >= 0.6 is 0 Å². The number of amides is 1. The first-order chi connectivity index (χ1) is 8.32. The summed E-state index contributed by atoms with van der Waals surface area (Å²) < 4.78 is 1.54. The lowest BCUT2D eigenvalue weighted by atomic mass is 10.1. The Morgan fingerprint density at radius 1 is 1.56 bits per heavy atom. The van der Waals surface area contributed by atoms with Crippen molar-refractivity contribution in [2.45, 2.75) is 25.9 Å². The van der Waals surface area contributed by atoms with Gasteiger partial charge in [0, 0.05) is 24.8 Å². The Bertz CT molecular complexity index is 441. The monoisotopic (exact) mass is 254 g/mol. The topological polar surface area (TPSA) is 101 Å². The molecule has 0 aromatic carbocycles. The van der Waals surface area contributed by atoms with Crippen molar-refractivity contribution in [3.8, 4) is 0 Å². The zero-order chi connectivity index (χ0) is 13.9. The molecule has 1 heterocycles. The van der Waals surface area contributed by atoms with Crippen molar-refractivity contribution >= 4 is 11.9 Å². The third kappa shape index (κ3) is 3.30. The van der Waals surface area contributed by atoms with Gasteiger partial charge in [0.2, 0.25) is 5.91 Å². The van der Waals surface area contributed by atoms with E-state index in [1.807, 2.05) is 0 Å². The Morgan fingerprint density at radius 2 is 2.17 bits per heavy atom. The molecular formula is C11H18N4O3. The number of aromatic nitrogens is 2.